The van der Waals surface area contributed by atoms with Crippen molar-refractivity contribution in [3.8, 4) is 17.2 Å². The molecule has 0 aliphatic rings. The molecule has 0 aliphatic carbocycles. The van der Waals surface area contributed by atoms with Gasteiger partial charge in [0.1, 0.15) is 10.8 Å². The molecule has 2 aromatic carbocycles. The summed E-state index contributed by atoms with van der Waals surface area (Å²) in [6.45, 7) is 2.52. The van der Waals surface area contributed by atoms with Gasteiger partial charge in [0.25, 0.3) is 5.56 Å². The molecule has 0 radical (unpaired) electrons. The molecule has 30 heavy (non-hydrogen) atoms. The summed E-state index contributed by atoms with van der Waals surface area (Å²) in [6.07, 6.45) is 0.399. The van der Waals surface area contributed by atoms with Crippen LogP contribution in [-0.2, 0) is 6.42 Å². The second kappa shape index (κ2) is 10.4. The van der Waals surface area contributed by atoms with Crippen LogP contribution >= 0.6 is 23.4 Å². The highest BCUT2D eigenvalue weighted by Crippen LogP contribution is 2.29. The lowest BCUT2D eigenvalue weighted by Crippen LogP contribution is -2.14. The molecule has 0 bridgehead atoms. The van der Waals surface area contributed by atoms with Crippen LogP contribution < -0.4 is 19.8 Å². The van der Waals surface area contributed by atoms with Crippen molar-refractivity contribution in [2.45, 2.75) is 18.5 Å². The third kappa shape index (κ3) is 5.70. The van der Waals surface area contributed by atoms with E-state index in [2.05, 4.69) is 9.97 Å². The fourth-order valence-corrected chi connectivity index (χ4v) is 3.64. The Morgan fingerprint density at radius 1 is 1.07 bits per heavy atom. The van der Waals surface area contributed by atoms with Crippen molar-refractivity contribution in [3.63, 3.8) is 0 Å². The first-order valence-electron chi connectivity index (χ1n) is 9.32. The number of hydrogen-bond donors (Lipinski definition) is 1. The van der Waals surface area contributed by atoms with Crippen molar-refractivity contribution < 1.29 is 14.2 Å². The predicted molar refractivity (Wildman–Crippen MR) is 120 cm³/mol. The van der Waals surface area contributed by atoms with Gasteiger partial charge in [-0.1, -0.05) is 47.1 Å². The standard InChI is InChI=1S/C22H23ClN2O4S/c1-14-4-7-16(8-5-14)29-10-11-30-22-24-17(20(23)21(26)25-22)12-15-6-9-18(27-2)19(13-15)28-3/h4-9,13H,10-12H2,1-3H3,(H,24,25,26). The van der Waals surface area contributed by atoms with Gasteiger partial charge in [0.05, 0.1) is 26.5 Å². The molecule has 0 saturated heterocycles. The molecule has 0 atom stereocenters. The third-order valence-electron chi connectivity index (χ3n) is 4.34. The molecule has 1 N–H and O–H groups in total. The average Bonchev–Trinajstić information content (AvgIpc) is 2.75. The highest BCUT2D eigenvalue weighted by atomic mass is 35.5. The number of halogens is 1. The Hall–Kier alpha value is -2.64. The quantitative estimate of drug-likeness (QED) is 0.296. The van der Waals surface area contributed by atoms with E-state index in [-0.39, 0.29) is 10.6 Å². The molecule has 0 fully saturated rings. The summed E-state index contributed by atoms with van der Waals surface area (Å²) in [5.74, 6) is 2.69. The summed E-state index contributed by atoms with van der Waals surface area (Å²) in [5.41, 5.74) is 2.24. The second-order valence-electron chi connectivity index (χ2n) is 6.51. The number of aromatic nitrogens is 2. The maximum atomic E-state index is 12.2. The molecule has 3 rings (SSSR count). The molecule has 0 aliphatic heterocycles. The number of H-pyrrole nitrogens is 1. The lowest BCUT2D eigenvalue weighted by Gasteiger charge is -2.11. The van der Waals surface area contributed by atoms with Crippen LogP contribution in [0.25, 0.3) is 0 Å². The Kier molecular flexibility index (Phi) is 7.65. The van der Waals surface area contributed by atoms with Gasteiger partial charge in [-0.2, -0.15) is 0 Å². The molecule has 1 aromatic heterocycles. The van der Waals surface area contributed by atoms with Gasteiger partial charge < -0.3 is 19.2 Å². The van der Waals surface area contributed by atoms with E-state index in [1.54, 1.807) is 14.2 Å². The number of ether oxygens (including phenoxy) is 3. The zero-order chi connectivity index (χ0) is 21.5. The summed E-state index contributed by atoms with van der Waals surface area (Å²) in [7, 11) is 3.16. The SMILES string of the molecule is COc1ccc(Cc2nc(SCCOc3ccc(C)cc3)[nH]c(=O)c2Cl)cc1OC. The molecule has 1 heterocycles. The summed E-state index contributed by atoms with van der Waals surface area (Å²) in [6, 6.07) is 13.4. The van der Waals surface area contributed by atoms with Gasteiger partial charge >= 0.3 is 0 Å². The molecule has 3 aromatic rings. The molecule has 6 nitrogen and oxygen atoms in total. The first kappa shape index (κ1) is 22.1. The Labute approximate surface area is 184 Å². The molecule has 0 spiro atoms. The topological polar surface area (TPSA) is 73.4 Å². The van der Waals surface area contributed by atoms with Gasteiger partial charge in [0, 0.05) is 12.2 Å². The number of nitrogens with one attached hydrogen (secondary N) is 1. The van der Waals surface area contributed by atoms with Gasteiger partial charge in [0.15, 0.2) is 16.7 Å². The highest BCUT2D eigenvalue weighted by molar-refractivity contribution is 7.99. The van der Waals surface area contributed by atoms with Crippen LogP contribution in [0.1, 0.15) is 16.8 Å². The van der Waals surface area contributed by atoms with Gasteiger partial charge in [0.2, 0.25) is 0 Å². The van der Waals surface area contributed by atoms with E-state index >= 15 is 0 Å². The van der Waals surface area contributed by atoms with Crippen molar-refractivity contribution in [1.29, 1.82) is 0 Å². The predicted octanol–water partition coefficient (Wildman–Crippen LogP) is 4.51. The minimum atomic E-state index is -0.357. The monoisotopic (exact) mass is 446 g/mol. The van der Waals surface area contributed by atoms with E-state index in [1.165, 1.54) is 17.3 Å². The van der Waals surface area contributed by atoms with E-state index in [1.807, 2.05) is 49.4 Å². The molecular formula is C22H23ClN2O4S. The Morgan fingerprint density at radius 2 is 1.80 bits per heavy atom. The maximum absolute atomic E-state index is 12.2. The van der Waals surface area contributed by atoms with Gasteiger partial charge in [-0.25, -0.2) is 4.98 Å². The number of hydrogen-bond acceptors (Lipinski definition) is 6. The molecule has 0 unspecified atom stereocenters. The third-order valence-corrected chi connectivity index (χ3v) is 5.57. The van der Waals surface area contributed by atoms with Crippen LogP contribution in [0.15, 0.2) is 52.4 Å². The van der Waals surface area contributed by atoms with Crippen molar-refractivity contribution in [2.24, 2.45) is 0 Å². The van der Waals surface area contributed by atoms with Crippen LogP contribution in [0.2, 0.25) is 5.02 Å². The summed E-state index contributed by atoms with van der Waals surface area (Å²) in [5, 5.41) is 0.595. The van der Waals surface area contributed by atoms with Crippen molar-refractivity contribution in [3.05, 3.63) is 74.7 Å². The van der Waals surface area contributed by atoms with E-state index in [0.717, 1.165) is 11.3 Å². The Morgan fingerprint density at radius 3 is 2.50 bits per heavy atom. The Bertz CT molecular complexity index is 1050. The Balaban J connectivity index is 1.66. The first-order chi connectivity index (χ1) is 14.5. The summed E-state index contributed by atoms with van der Waals surface area (Å²) in [4.78, 5) is 19.5. The van der Waals surface area contributed by atoms with E-state index in [0.29, 0.717) is 41.1 Å². The summed E-state index contributed by atoms with van der Waals surface area (Å²) >= 11 is 7.61. The van der Waals surface area contributed by atoms with Crippen LogP contribution in [0.5, 0.6) is 17.2 Å². The lowest BCUT2D eigenvalue weighted by atomic mass is 10.1. The van der Waals surface area contributed by atoms with Gasteiger partial charge in [-0.05, 0) is 36.8 Å². The zero-order valence-electron chi connectivity index (χ0n) is 17.0. The number of rotatable bonds is 9. The van der Waals surface area contributed by atoms with E-state index in [9.17, 15) is 4.79 Å². The van der Waals surface area contributed by atoms with Crippen LogP contribution in [0, 0.1) is 6.92 Å². The lowest BCUT2D eigenvalue weighted by molar-refractivity contribution is 0.344. The molecule has 8 heteroatoms. The molecule has 158 valence electrons. The fourth-order valence-electron chi connectivity index (χ4n) is 2.78. The normalized spacial score (nSPS) is 10.7. The maximum Gasteiger partial charge on any atom is 0.270 e. The van der Waals surface area contributed by atoms with Crippen LogP contribution in [0.3, 0.4) is 0 Å². The van der Waals surface area contributed by atoms with E-state index < -0.39 is 0 Å². The van der Waals surface area contributed by atoms with Crippen molar-refractivity contribution in [1.82, 2.24) is 9.97 Å². The van der Waals surface area contributed by atoms with Crippen molar-refractivity contribution in [2.75, 3.05) is 26.6 Å². The van der Waals surface area contributed by atoms with Gasteiger partial charge in [-0.3, -0.25) is 4.79 Å². The minimum Gasteiger partial charge on any atom is -0.493 e. The van der Waals surface area contributed by atoms with E-state index in [4.69, 9.17) is 25.8 Å². The van der Waals surface area contributed by atoms with Crippen LogP contribution in [0.4, 0.5) is 0 Å². The number of aromatic amines is 1. The second-order valence-corrected chi connectivity index (χ2v) is 7.97. The average molecular weight is 447 g/mol. The van der Waals surface area contributed by atoms with Gasteiger partial charge in [-0.15, -0.1) is 0 Å². The molecular weight excluding hydrogens is 424 g/mol. The highest BCUT2D eigenvalue weighted by Gasteiger charge is 2.13. The molecule has 0 saturated carbocycles. The number of methoxy groups -OCH3 is 2. The largest absolute Gasteiger partial charge is 0.493 e. The smallest absolute Gasteiger partial charge is 0.270 e. The fraction of sp³-hybridized carbons (Fsp3) is 0.273. The number of thioether (sulfide) groups is 1. The number of benzene rings is 2. The zero-order valence-corrected chi connectivity index (χ0v) is 18.6. The minimum absolute atomic E-state index is 0.0880. The van der Waals surface area contributed by atoms with Crippen LogP contribution in [-0.4, -0.2) is 36.5 Å². The number of nitrogens with zero attached hydrogens (tertiary/aromatic N) is 1. The van der Waals surface area contributed by atoms with Crippen molar-refractivity contribution >= 4 is 23.4 Å². The first-order valence-corrected chi connectivity index (χ1v) is 10.7. The number of aryl methyl sites for hydroxylation is 1. The molecule has 0 amide bonds. The summed E-state index contributed by atoms with van der Waals surface area (Å²) < 4.78 is 16.3.